The Morgan fingerprint density at radius 1 is 1.47 bits per heavy atom. The molecule has 0 spiro atoms. The van der Waals surface area contributed by atoms with Crippen molar-refractivity contribution in [2.75, 3.05) is 20.7 Å². The SMILES string of the molecule is C=CB(OC(=O)CC)N(C)CC(=O)OC. The Kier molecular flexibility index (Phi) is 6.45. The van der Waals surface area contributed by atoms with Crippen LogP contribution in [0.5, 0.6) is 0 Å². The highest BCUT2D eigenvalue weighted by atomic mass is 16.5. The van der Waals surface area contributed by atoms with E-state index in [1.807, 2.05) is 0 Å². The van der Waals surface area contributed by atoms with Gasteiger partial charge in [-0.1, -0.05) is 12.9 Å². The van der Waals surface area contributed by atoms with Gasteiger partial charge in [0.2, 0.25) is 0 Å². The Hall–Kier alpha value is -1.30. The monoisotopic (exact) mass is 213 g/mol. The standard InChI is InChI=1S/C9H16BNO4/c1-5-8(12)15-10(6-2)11(3)7-9(13)14-4/h6H,2,5,7H2,1,3-4H3. The first-order valence-corrected chi connectivity index (χ1v) is 4.64. The summed E-state index contributed by atoms with van der Waals surface area (Å²) in [6.45, 7) is 5.27. The van der Waals surface area contributed by atoms with E-state index in [1.54, 1.807) is 14.0 Å². The normalized spacial score (nSPS) is 9.60. The van der Waals surface area contributed by atoms with Gasteiger partial charge in [0.05, 0.1) is 13.7 Å². The summed E-state index contributed by atoms with van der Waals surface area (Å²) in [6.07, 6.45) is 0.288. The van der Waals surface area contributed by atoms with E-state index >= 15 is 0 Å². The van der Waals surface area contributed by atoms with Crippen molar-refractivity contribution in [3.63, 3.8) is 0 Å². The van der Waals surface area contributed by atoms with Crippen molar-refractivity contribution in [2.24, 2.45) is 0 Å². The molecule has 0 aliphatic heterocycles. The molecule has 0 aromatic heterocycles. The summed E-state index contributed by atoms with van der Waals surface area (Å²) in [5, 5.41) is 0. The lowest BCUT2D eigenvalue weighted by Gasteiger charge is -2.19. The van der Waals surface area contributed by atoms with Crippen molar-refractivity contribution < 1.29 is 19.0 Å². The van der Waals surface area contributed by atoms with Crippen LogP contribution in [0.15, 0.2) is 12.6 Å². The quantitative estimate of drug-likeness (QED) is 0.467. The number of likely N-dealkylation sites (N-methyl/N-ethyl adjacent to an activating group) is 1. The second-order valence-electron chi connectivity index (χ2n) is 2.96. The molecule has 0 aromatic rings. The molecule has 0 bridgehead atoms. The summed E-state index contributed by atoms with van der Waals surface area (Å²) in [5.41, 5.74) is 0. The van der Waals surface area contributed by atoms with Crippen molar-refractivity contribution in [2.45, 2.75) is 13.3 Å². The molecule has 0 amide bonds. The van der Waals surface area contributed by atoms with Crippen LogP contribution in [-0.2, 0) is 19.0 Å². The lowest BCUT2D eigenvalue weighted by Crippen LogP contribution is -2.42. The largest absolute Gasteiger partial charge is 0.516 e. The van der Waals surface area contributed by atoms with E-state index in [0.29, 0.717) is 0 Å². The number of hydrogen-bond acceptors (Lipinski definition) is 5. The third kappa shape index (κ3) is 5.22. The summed E-state index contributed by atoms with van der Waals surface area (Å²) in [7, 11) is 2.35. The minimum absolute atomic E-state index is 0.0458. The summed E-state index contributed by atoms with van der Waals surface area (Å²) in [5.74, 6) is 0.727. The molecule has 0 atom stereocenters. The molecule has 5 nitrogen and oxygen atoms in total. The maximum atomic E-state index is 11.0. The maximum Gasteiger partial charge on any atom is 0.479 e. The molecule has 0 heterocycles. The van der Waals surface area contributed by atoms with Gasteiger partial charge in [0.25, 0.3) is 5.97 Å². The van der Waals surface area contributed by atoms with Gasteiger partial charge in [-0.05, 0) is 7.05 Å². The zero-order chi connectivity index (χ0) is 11.8. The number of rotatable bonds is 6. The highest BCUT2D eigenvalue weighted by Crippen LogP contribution is 1.98. The Labute approximate surface area is 90.2 Å². The molecule has 0 aliphatic carbocycles. The fourth-order valence-electron chi connectivity index (χ4n) is 0.894. The topological polar surface area (TPSA) is 55.8 Å². The fourth-order valence-corrected chi connectivity index (χ4v) is 0.894. The second kappa shape index (κ2) is 7.06. The van der Waals surface area contributed by atoms with Crippen LogP contribution in [0.25, 0.3) is 0 Å². The molecular weight excluding hydrogens is 197 g/mol. The molecule has 6 heteroatoms. The zero-order valence-corrected chi connectivity index (χ0v) is 9.36. The Balaban J connectivity index is 4.21. The predicted molar refractivity (Wildman–Crippen MR) is 57.0 cm³/mol. The van der Waals surface area contributed by atoms with E-state index in [1.165, 1.54) is 17.9 Å². The number of esters is 1. The summed E-state index contributed by atoms with van der Waals surface area (Å²) in [4.78, 5) is 23.5. The molecule has 0 saturated carbocycles. The van der Waals surface area contributed by atoms with E-state index in [-0.39, 0.29) is 18.9 Å². The van der Waals surface area contributed by atoms with Gasteiger partial charge in [-0.2, -0.15) is 0 Å². The summed E-state index contributed by atoms with van der Waals surface area (Å²) >= 11 is 0. The Bertz CT molecular complexity index is 244. The number of ether oxygens (including phenoxy) is 1. The van der Waals surface area contributed by atoms with Gasteiger partial charge in [-0.15, -0.1) is 6.58 Å². The molecule has 0 aromatic carbocycles. The van der Waals surface area contributed by atoms with Crippen molar-refractivity contribution in [3.8, 4) is 0 Å². The Morgan fingerprint density at radius 3 is 2.47 bits per heavy atom. The van der Waals surface area contributed by atoms with Crippen LogP contribution in [-0.4, -0.2) is 44.5 Å². The van der Waals surface area contributed by atoms with Crippen molar-refractivity contribution in [1.82, 2.24) is 4.81 Å². The summed E-state index contributed by atoms with van der Waals surface area (Å²) in [6, 6.07) is 0. The maximum absolute atomic E-state index is 11.0. The van der Waals surface area contributed by atoms with Gasteiger partial charge in [-0.3, -0.25) is 14.4 Å². The van der Waals surface area contributed by atoms with Crippen LogP contribution in [0.2, 0.25) is 0 Å². The van der Waals surface area contributed by atoms with Crippen molar-refractivity contribution in [1.29, 1.82) is 0 Å². The summed E-state index contributed by atoms with van der Waals surface area (Å²) < 4.78 is 9.51. The first-order valence-electron chi connectivity index (χ1n) is 4.64. The predicted octanol–water partition coefficient (Wildman–Crippen LogP) is 0.258. The van der Waals surface area contributed by atoms with Gasteiger partial charge in [-0.25, -0.2) is 0 Å². The number of nitrogens with zero attached hydrogens (tertiary/aromatic N) is 1. The van der Waals surface area contributed by atoms with Gasteiger partial charge in [0.15, 0.2) is 0 Å². The van der Waals surface area contributed by atoms with Crippen LogP contribution in [0, 0.1) is 0 Å². The lowest BCUT2D eigenvalue weighted by molar-refractivity contribution is -0.141. The molecular formula is C9H16BNO4. The molecule has 0 rings (SSSR count). The number of methoxy groups -OCH3 is 1. The minimum atomic E-state index is -0.600. The third-order valence-electron chi connectivity index (χ3n) is 1.78. The molecule has 0 fully saturated rings. The molecule has 0 radical (unpaired) electrons. The average Bonchev–Trinajstić information content (AvgIpc) is 2.24. The van der Waals surface area contributed by atoms with Gasteiger partial charge in [0.1, 0.15) is 0 Å². The average molecular weight is 213 g/mol. The van der Waals surface area contributed by atoms with E-state index in [4.69, 9.17) is 4.65 Å². The molecule has 0 saturated heterocycles. The minimum Gasteiger partial charge on any atom is -0.516 e. The number of carbonyl (C=O) groups is 2. The second-order valence-corrected chi connectivity index (χ2v) is 2.96. The van der Waals surface area contributed by atoms with E-state index in [9.17, 15) is 9.59 Å². The molecule has 0 N–H and O–H groups in total. The smallest absolute Gasteiger partial charge is 0.479 e. The highest BCUT2D eigenvalue weighted by molar-refractivity contribution is 6.56. The van der Waals surface area contributed by atoms with Crippen LogP contribution in [0.3, 0.4) is 0 Å². The zero-order valence-electron chi connectivity index (χ0n) is 9.36. The molecule has 0 unspecified atom stereocenters. The number of hydrogen-bond donors (Lipinski definition) is 0. The van der Waals surface area contributed by atoms with Crippen molar-refractivity contribution >= 4 is 19.0 Å². The highest BCUT2D eigenvalue weighted by Gasteiger charge is 2.24. The van der Waals surface area contributed by atoms with Gasteiger partial charge < -0.3 is 9.39 Å². The van der Waals surface area contributed by atoms with E-state index in [2.05, 4.69) is 11.3 Å². The first kappa shape index (κ1) is 13.7. The first-order chi connectivity index (χ1) is 7.04. The van der Waals surface area contributed by atoms with Gasteiger partial charge >= 0.3 is 13.0 Å². The third-order valence-corrected chi connectivity index (χ3v) is 1.78. The van der Waals surface area contributed by atoms with Crippen LogP contribution in [0.1, 0.15) is 13.3 Å². The van der Waals surface area contributed by atoms with Crippen LogP contribution >= 0.6 is 0 Å². The van der Waals surface area contributed by atoms with E-state index in [0.717, 1.165) is 0 Å². The lowest BCUT2D eigenvalue weighted by atomic mass is 9.81. The van der Waals surface area contributed by atoms with Crippen molar-refractivity contribution in [3.05, 3.63) is 12.6 Å². The van der Waals surface area contributed by atoms with Crippen LogP contribution in [0.4, 0.5) is 0 Å². The number of carbonyl (C=O) groups excluding carboxylic acids is 2. The molecule has 84 valence electrons. The van der Waals surface area contributed by atoms with Crippen LogP contribution < -0.4 is 0 Å². The fraction of sp³-hybridized carbons (Fsp3) is 0.556. The molecule has 0 aliphatic rings. The Morgan fingerprint density at radius 2 is 2.07 bits per heavy atom. The van der Waals surface area contributed by atoms with E-state index < -0.39 is 13.0 Å². The van der Waals surface area contributed by atoms with Gasteiger partial charge in [0, 0.05) is 6.42 Å². The molecule has 15 heavy (non-hydrogen) atoms.